The van der Waals surface area contributed by atoms with E-state index in [4.69, 9.17) is 0 Å². The molecule has 0 spiro atoms. The Hall–Kier alpha value is -3.40. The molecule has 4 aromatic rings. The third-order valence-corrected chi connectivity index (χ3v) is 4.86. The average Bonchev–Trinajstić information content (AvgIpc) is 3.13. The zero-order chi connectivity index (χ0) is 19.3. The fourth-order valence-electron chi connectivity index (χ4n) is 3.47. The standard InChI is InChI=1S/C24H23N3O/c1-2-21-23(27-16-10-9-15-22(27)25-21)24(28)26(17-19-11-5-3-6-12-19)18-20-13-7-4-8-14-20/h3-16H,2,17-18H2,1H3. The highest BCUT2D eigenvalue weighted by molar-refractivity contribution is 5.94. The average molecular weight is 369 g/mol. The Morgan fingerprint density at radius 3 is 2.00 bits per heavy atom. The molecule has 0 saturated carbocycles. The van der Waals surface area contributed by atoms with Crippen LogP contribution in [0.1, 0.15) is 34.2 Å². The summed E-state index contributed by atoms with van der Waals surface area (Å²) in [6, 6.07) is 26.1. The highest BCUT2D eigenvalue weighted by Crippen LogP contribution is 2.19. The molecule has 4 nitrogen and oxygen atoms in total. The maximum Gasteiger partial charge on any atom is 0.273 e. The first-order chi connectivity index (χ1) is 13.8. The summed E-state index contributed by atoms with van der Waals surface area (Å²) < 4.78 is 1.91. The van der Waals surface area contributed by atoms with E-state index >= 15 is 0 Å². The number of amides is 1. The van der Waals surface area contributed by atoms with Gasteiger partial charge >= 0.3 is 0 Å². The highest BCUT2D eigenvalue weighted by Gasteiger charge is 2.24. The van der Waals surface area contributed by atoms with E-state index in [1.165, 1.54) is 0 Å². The van der Waals surface area contributed by atoms with Crippen LogP contribution in [0.4, 0.5) is 0 Å². The predicted octanol–water partition coefficient (Wildman–Crippen LogP) is 4.74. The Kier molecular flexibility index (Phi) is 5.20. The number of carbonyl (C=O) groups is 1. The van der Waals surface area contributed by atoms with Crippen molar-refractivity contribution in [2.45, 2.75) is 26.4 Å². The molecule has 4 heteroatoms. The lowest BCUT2D eigenvalue weighted by molar-refractivity contribution is 0.0721. The SMILES string of the molecule is CCc1nc2ccccn2c1C(=O)N(Cc1ccccc1)Cc1ccccc1. The van der Waals surface area contributed by atoms with Crippen molar-refractivity contribution in [1.82, 2.24) is 14.3 Å². The summed E-state index contributed by atoms with van der Waals surface area (Å²) in [7, 11) is 0. The van der Waals surface area contributed by atoms with E-state index in [0.717, 1.165) is 22.5 Å². The Balaban J connectivity index is 1.74. The van der Waals surface area contributed by atoms with Gasteiger partial charge in [-0.25, -0.2) is 4.98 Å². The van der Waals surface area contributed by atoms with E-state index in [1.54, 1.807) is 0 Å². The van der Waals surface area contributed by atoms with Crippen LogP contribution >= 0.6 is 0 Å². The van der Waals surface area contributed by atoms with Crippen molar-refractivity contribution in [3.05, 3.63) is 108 Å². The van der Waals surface area contributed by atoms with Gasteiger partial charge in [0.15, 0.2) is 0 Å². The third-order valence-electron chi connectivity index (χ3n) is 4.86. The molecular formula is C24H23N3O. The van der Waals surface area contributed by atoms with Crippen LogP contribution in [0.15, 0.2) is 85.1 Å². The largest absolute Gasteiger partial charge is 0.329 e. The van der Waals surface area contributed by atoms with Crippen LogP contribution < -0.4 is 0 Å². The molecule has 2 aromatic heterocycles. The Bertz CT molecular complexity index is 1030. The van der Waals surface area contributed by atoms with Gasteiger partial charge < -0.3 is 4.90 Å². The zero-order valence-corrected chi connectivity index (χ0v) is 16.0. The minimum absolute atomic E-state index is 0.00301. The molecule has 0 atom stereocenters. The second kappa shape index (κ2) is 8.09. The van der Waals surface area contributed by atoms with Crippen molar-refractivity contribution in [1.29, 1.82) is 0 Å². The normalized spacial score (nSPS) is 10.9. The van der Waals surface area contributed by atoms with E-state index in [-0.39, 0.29) is 5.91 Å². The van der Waals surface area contributed by atoms with Crippen LogP contribution in [-0.4, -0.2) is 20.2 Å². The summed E-state index contributed by atoms with van der Waals surface area (Å²) in [5.74, 6) is 0.00301. The van der Waals surface area contributed by atoms with Crippen LogP contribution in [0.25, 0.3) is 5.65 Å². The first-order valence-electron chi connectivity index (χ1n) is 9.59. The van der Waals surface area contributed by atoms with Gasteiger partial charge in [0.05, 0.1) is 5.69 Å². The molecule has 0 saturated heterocycles. The van der Waals surface area contributed by atoms with Crippen LogP contribution in [0.5, 0.6) is 0 Å². The lowest BCUT2D eigenvalue weighted by Gasteiger charge is -2.23. The second-order valence-corrected chi connectivity index (χ2v) is 6.82. The van der Waals surface area contributed by atoms with Crippen molar-refractivity contribution in [2.24, 2.45) is 0 Å². The fourth-order valence-corrected chi connectivity index (χ4v) is 3.47. The molecule has 28 heavy (non-hydrogen) atoms. The Morgan fingerprint density at radius 1 is 0.857 bits per heavy atom. The van der Waals surface area contributed by atoms with Gasteiger partial charge in [-0.2, -0.15) is 0 Å². The fraction of sp³-hybridized carbons (Fsp3) is 0.167. The molecule has 0 unspecified atom stereocenters. The van der Waals surface area contributed by atoms with Gasteiger partial charge in [0.1, 0.15) is 11.3 Å². The molecule has 0 aliphatic heterocycles. The van der Waals surface area contributed by atoms with E-state index in [9.17, 15) is 4.79 Å². The highest BCUT2D eigenvalue weighted by atomic mass is 16.2. The number of benzene rings is 2. The van der Waals surface area contributed by atoms with Crippen molar-refractivity contribution >= 4 is 11.6 Å². The molecular weight excluding hydrogens is 346 g/mol. The molecule has 0 bridgehead atoms. The van der Waals surface area contributed by atoms with Crippen LogP contribution in [-0.2, 0) is 19.5 Å². The number of aryl methyl sites for hydroxylation is 1. The molecule has 2 aromatic carbocycles. The summed E-state index contributed by atoms with van der Waals surface area (Å²) >= 11 is 0. The molecule has 140 valence electrons. The number of rotatable bonds is 6. The van der Waals surface area contributed by atoms with E-state index in [0.29, 0.717) is 25.2 Å². The monoisotopic (exact) mass is 369 g/mol. The zero-order valence-electron chi connectivity index (χ0n) is 16.0. The molecule has 4 rings (SSSR count). The number of nitrogens with zero attached hydrogens (tertiary/aromatic N) is 3. The quantitative estimate of drug-likeness (QED) is 0.492. The predicted molar refractivity (Wildman–Crippen MR) is 111 cm³/mol. The van der Waals surface area contributed by atoms with Gasteiger partial charge in [-0.1, -0.05) is 73.7 Å². The Morgan fingerprint density at radius 2 is 1.43 bits per heavy atom. The van der Waals surface area contributed by atoms with E-state index in [2.05, 4.69) is 29.2 Å². The number of pyridine rings is 1. The molecule has 2 heterocycles. The van der Waals surface area contributed by atoms with Gasteiger partial charge in [0, 0.05) is 19.3 Å². The van der Waals surface area contributed by atoms with E-state index < -0.39 is 0 Å². The molecule has 0 aliphatic carbocycles. The maximum atomic E-state index is 13.7. The lowest BCUT2D eigenvalue weighted by atomic mass is 10.1. The third kappa shape index (κ3) is 3.67. The first-order valence-corrected chi connectivity index (χ1v) is 9.59. The molecule has 0 aliphatic rings. The van der Waals surface area contributed by atoms with Gasteiger partial charge in [-0.15, -0.1) is 0 Å². The lowest BCUT2D eigenvalue weighted by Crippen LogP contribution is -2.31. The van der Waals surface area contributed by atoms with Crippen LogP contribution in [0, 0.1) is 0 Å². The van der Waals surface area contributed by atoms with Gasteiger partial charge in [-0.3, -0.25) is 9.20 Å². The van der Waals surface area contributed by atoms with Gasteiger partial charge in [-0.05, 0) is 29.7 Å². The first kappa shape index (κ1) is 18.0. The Labute approximate surface area is 165 Å². The van der Waals surface area contributed by atoms with Crippen LogP contribution in [0.3, 0.4) is 0 Å². The number of aromatic nitrogens is 2. The number of fused-ring (bicyclic) bond motifs is 1. The number of hydrogen-bond acceptors (Lipinski definition) is 2. The summed E-state index contributed by atoms with van der Waals surface area (Å²) in [6.45, 7) is 3.15. The number of carbonyl (C=O) groups excluding carboxylic acids is 1. The maximum absolute atomic E-state index is 13.7. The molecule has 0 N–H and O–H groups in total. The van der Waals surface area contributed by atoms with Gasteiger partial charge in [0.25, 0.3) is 5.91 Å². The minimum atomic E-state index is 0.00301. The molecule has 0 radical (unpaired) electrons. The number of imidazole rings is 1. The number of hydrogen-bond donors (Lipinski definition) is 0. The topological polar surface area (TPSA) is 37.6 Å². The van der Waals surface area contributed by atoms with Crippen molar-refractivity contribution in [2.75, 3.05) is 0 Å². The summed E-state index contributed by atoms with van der Waals surface area (Å²) in [5, 5.41) is 0. The second-order valence-electron chi connectivity index (χ2n) is 6.82. The summed E-state index contributed by atoms with van der Waals surface area (Å²) in [5.41, 5.74) is 4.52. The summed E-state index contributed by atoms with van der Waals surface area (Å²) in [6.07, 6.45) is 2.63. The van der Waals surface area contributed by atoms with Crippen molar-refractivity contribution in [3.8, 4) is 0 Å². The summed E-state index contributed by atoms with van der Waals surface area (Å²) in [4.78, 5) is 20.2. The smallest absolute Gasteiger partial charge is 0.273 e. The molecule has 0 fully saturated rings. The van der Waals surface area contributed by atoms with Gasteiger partial charge in [0.2, 0.25) is 0 Å². The van der Waals surface area contributed by atoms with E-state index in [1.807, 2.05) is 77.0 Å². The van der Waals surface area contributed by atoms with Crippen molar-refractivity contribution in [3.63, 3.8) is 0 Å². The van der Waals surface area contributed by atoms with Crippen LogP contribution in [0.2, 0.25) is 0 Å². The van der Waals surface area contributed by atoms with Crippen molar-refractivity contribution < 1.29 is 4.79 Å². The minimum Gasteiger partial charge on any atom is -0.329 e. The molecule has 1 amide bonds.